The van der Waals surface area contributed by atoms with E-state index in [1.54, 1.807) is 12.7 Å². The number of rotatable bonds is 4. The Morgan fingerprint density at radius 3 is 3.04 bits per heavy atom. The molecule has 2 aromatic heterocycles. The average molecular weight is 386 g/mol. The third-order valence-corrected chi connectivity index (χ3v) is 4.76. The van der Waals surface area contributed by atoms with E-state index < -0.39 is 0 Å². The number of nitrogens with zero attached hydrogens (tertiary/aromatic N) is 5. The molecule has 3 heterocycles. The zero-order chi connectivity index (χ0) is 16.7. The van der Waals surface area contributed by atoms with Crippen molar-refractivity contribution >= 4 is 21.7 Å². The number of hydrogen-bond acceptors (Lipinski definition) is 4. The lowest BCUT2D eigenvalue weighted by Crippen LogP contribution is -2.10. The number of imidazole rings is 1. The SMILES string of the molecule is CCCCC(=O)c1ncn2c1Cn1ncnc1-c1cc(Br)ccc1-2. The third kappa shape index (κ3) is 2.39. The van der Waals surface area contributed by atoms with E-state index in [1.807, 2.05) is 27.4 Å². The fourth-order valence-corrected chi connectivity index (χ4v) is 3.41. The largest absolute Gasteiger partial charge is 0.300 e. The number of aromatic nitrogens is 5. The van der Waals surface area contributed by atoms with E-state index in [0.717, 1.165) is 40.1 Å². The van der Waals surface area contributed by atoms with Gasteiger partial charge in [0.15, 0.2) is 11.6 Å². The first-order chi connectivity index (χ1) is 11.7. The molecule has 0 saturated heterocycles. The van der Waals surface area contributed by atoms with E-state index in [1.165, 1.54) is 0 Å². The minimum atomic E-state index is 0.0906. The highest BCUT2D eigenvalue weighted by molar-refractivity contribution is 9.10. The Balaban J connectivity index is 1.90. The molecule has 1 aliphatic heterocycles. The van der Waals surface area contributed by atoms with Gasteiger partial charge in [0.05, 0.1) is 17.9 Å². The van der Waals surface area contributed by atoms with Crippen molar-refractivity contribution in [1.82, 2.24) is 24.3 Å². The number of carbonyl (C=O) groups is 1. The molecule has 7 heteroatoms. The van der Waals surface area contributed by atoms with Crippen LogP contribution >= 0.6 is 15.9 Å². The van der Waals surface area contributed by atoms with Gasteiger partial charge in [0.1, 0.15) is 18.3 Å². The minimum Gasteiger partial charge on any atom is -0.300 e. The lowest BCUT2D eigenvalue weighted by atomic mass is 10.1. The number of carbonyl (C=O) groups excluding carboxylic acids is 1. The Morgan fingerprint density at radius 2 is 2.21 bits per heavy atom. The molecule has 0 bridgehead atoms. The van der Waals surface area contributed by atoms with Crippen LogP contribution in [0, 0.1) is 0 Å². The summed E-state index contributed by atoms with van der Waals surface area (Å²) in [5, 5.41) is 4.32. The molecule has 0 atom stereocenters. The highest BCUT2D eigenvalue weighted by atomic mass is 79.9. The first-order valence-corrected chi connectivity index (χ1v) is 8.76. The molecular formula is C17H16BrN5O. The van der Waals surface area contributed by atoms with Crippen molar-refractivity contribution in [2.75, 3.05) is 0 Å². The monoisotopic (exact) mass is 385 g/mol. The summed E-state index contributed by atoms with van der Waals surface area (Å²) in [5.41, 5.74) is 3.33. The van der Waals surface area contributed by atoms with Crippen LogP contribution in [0.5, 0.6) is 0 Å². The number of hydrogen-bond donors (Lipinski definition) is 0. The molecule has 0 amide bonds. The first-order valence-electron chi connectivity index (χ1n) is 7.96. The molecule has 0 N–H and O–H groups in total. The minimum absolute atomic E-state index is 0.0906. The number of halogens is 1. The molecule has 3 aromatic rings. The lowest BCUT2D eigenvalue weighted by molar-refractivity contribution is 0.0974. The highest BCUT2D eigenvalue weighted by Gasteiger charge is 2.25. The normalized spacial score (nSPS) is 12.2. The van der Waals surface area contributed by atoms with Crippen LogP contribution < -0.4 is 0 Å². The Labute approximate surface area is 147 Å². The first kappa shape index (κ1) is 15.3. The van der Waals surface area contributed by atoms with E-state index >= 15 is 0 Å². The van der Waals surface area contributed by atoms with Gasteiger partial charge >= 0.3 is 0 Å². The summed E-state index contributed by atoms with van der Waals surface area (Å²) in [7, 11) is 0. The fraction of sp³-hybridized carbons (Fsp3) is 0.294. The van der Waals surface area contributed by atoms with E-state index in [9.17, 15) is 4.79 Å². The van der Waals surface area contributed by atoms with Crippen LogP contribution in [-0.2, 0) is 6.54 Å². The maximum Gasteiger partial charge on any atom is 0.183 e. The van der Waals surface area contributed by atoms with Crippen LogP contribution in [0.2, 0.25) is 0 Å². The molecule has 0 spiro atoms. The molecule has 0 unspecified atom stereocenters. The molecule has 0 radical (unpaired) electrons. The van der Waals surface area contributed by atoms with Gasteiger partial charge in [-0.3, -0.25) is 9.36 Å². The lowest BCUT2D eigenvalue weighted by Gasteiger charge is -2.09. The number of unbranched alkanes of at least 4 members (excludes halogenated alkanes) is 1. The van der Waals surface area contributed by atoms with Crippen LogP contribution in [0.4, 0.5) is 0 Å². The molecular weight excluding hydrogens is 370 g/mol. The highest BCUT2D eigenvalue weighted by Crippen LogP contribution is 2.33. The Hall–Kier alpha value is -2.28. The summed E-state index contributed by atoms with van der Waals surface area (Å²) < 4.78 is 4.78. The predicted octanol–water partition coefficient (Wildman–Crippen LogP) is 3.63. The van der Waals surface area contributed by atoms with Crippen molar-refractivity contribution in [1.29, 1.82) is 0 Å². The maximum absolute atomic E-state index is 12.5. The average Bonchev–Trinajstić information content (AvgIpc) is 3.18. The summed E-state index contributed by atoms with van der Waals surface area (Å²) in [6.07, 6.45) is 5.67. The van der Waals surface area contributed by atoms with E-state index in [2.05, 4.69) is 37.9 Å². The van der Waals surface area contributed by atoms with Gasteiger partial charge in [0.2, 0.25) is 0 Å². The molecule has 1 aliphatic rings. The zero-order valence-corrected chi connectivity index (χ0v) is 14.8. The third-order valence-electron chi connectivity index (χ3n) is 4.26. The summed E-state index contributed by atoms with van der Waals surface area (Å²) in [5.74, 6) is 0.884. The summed E-state index contributed by atoms with van der Waals surface area (Å²) in [6.45, 7) is 2.56. The molecule has 24 heavy (non-hydrogen) atoms. The summed E-state index contributed by atoms with van der Waals surface area (Å²) in [6, 6.07) is 6.01. The van der Waals surface area contributed by atoms with Gasteiger partial charge in [-0.25, -0.2) is 14.6 Å². The van der Waals surface area contributed by atoms with Gasteiger partial charge in [-0.2, -0.15) is 5.10 Å². The molecule has 0 fully saturated rings. The standard InChI is InChI=1S/C17H16BrN5O/c1-2-3-4-15(24)16-14-8-23-17(19-9-21-23)12-7-11(18)5-6-13(12)22(14)10-20-16/h5-7,9-10H,2-4,8H2,1H3. The smallest absolute Gasteiger partial charge is 0.183 e. The van der Waals surface area contributed by atoms with Gasteiger partial charge in [0, 0.05) is 16.5 Å². The zero-order valence-electron chi connectivity index (χ0n) is 13.2. The van der Waals surface area contributed by atoms with Crippen LogP contribution in [0.15, 0.2) is 35.3 Å². The van der Waals surface area contributed by atoms with Crippen molar-refractivity contribution in [3.05, 3.63) is 46.7 Å². The molecule has 0 saturated carbocycles. The molecule has 122 valence electrons. The van der Waals surface area contributed by atoms with Gasteiger partial charge in [0.25, 0.3) is 0 Å². The topological polar surface area (TPSA) is 65.6 Å². The molecule has 4 rings (SSSR count). The Morgan fingerprint density at radius 1 is 1.33 bits per heavy atom. The second-order valence-corrected chi connectivity index (χ2v) is 6.76. The number of ketones is 1. The fourth-order valence-electron chi connectivity index (χ4n) is 3.05. The van der Waals surface area contributed by atoms with Gasteiger partial charge in [-0.15, -0.1) is 0 Å². The van der Waals surface area contributed by atoms with Crippen LogP contribution in [0.1, 0.15) is 42.4 Å². The van der Waals surface area contributed by atoms with Crippen LogP contribution in [0.25, 0.3) is 17.1 Å². The van der Waals surface area contributed by atoms with E-state index in [0.29, 0.717) is 18.7 Å². The number of benzene rings is 1. The van der Waals surface area contributed by atoms with Crippen molar-refractivity contribution < 1.29 is 4.79 Å². The van der Waals surface area contributed by atoms with Crippen molar-refractivity contribution in [2.45, 2.75) is 32.7 Å². The number of Topliss-reactive ketones (excluding diaryl/α,β-unsaturated/α-hetero) is 1. The summed E-state index contributed by atoms with van der Waals surface area (Å²) >= 11 is 3.52. The maximum atomic E-state index is 12.5. The van der Waals surface area contributed by atoms with E-state index in [-0.39, 0.29) is 5.78 Å². The van der Waals surface area contributed by atoms with Crippen molar-refractivity contribution in [2.24, 2.45) is 0 Å². The molecule has 1 aromatic carbocycles. The molecule has 6 nitrogen and oxygen atoms in total. The van der Waals surface area contributed by atoms with Crippen molar-refractivity contribution in [3.8, 4) is 17.1 Å². The van der Waals surface area contributed by atoms with Gasteiger partial charge < -0.3 is 0 Å². The predicted molar refractivity (Wildman–Crippen MR) is 93.2 cm³/mol. The van der Waals surface area contributed by atoms with Gasteiger partial charge in [-0.1, -0.05) is 29.3 Å². The Kier molecular flexibility index (Phi) is 3.80. The van der Waals surface area contributed by atoms with Gasteiger partial charge in [-0.05, 0) is 24.6 Å². The Bertz CT molecular complexity index is 927. The van der Waals surface area contributed by atoms with E-state index in [4.69, 9.17) is 0 Å². The van der Waals surface area contributed by atoms with Crippen LogP contribution in [-0.4, -0.2) is 30.1 Å². The quantitative estimate of drug-likeness (QED) is 0.503. The summed E-state index contributed by atoms with van der Waals surface area (Å²) in [4.78, 5) is 21.3. The molecule has 0 aliphatic carbocycles. The second kappa shape index (κ2) is 5.98. The number of fused-ring (bicyclic) bond motifs is 5. The second-order valence-electron chi connectivity index (χ2n) is 5.84. The van der Waals surface area contributed by atoms with Crippen molar-refractivity contribution in [3.63, 3.8) is 0 Å². The van der Waals surface area contributed by atoms with Crippen LogP contribution in [0.3, 0.4) is 0 Å².